The van der Waals surface area contributed by atoms with Crippen molar-refractivity contribution in [3.63, 3.8) is 0 Å². The highest BCUT2D eigenvalue weighted by Gasteiger charge is 2.25. The van der Waals surface area contributed by atoms with E-state index in [0.29, 0.717) is 5.92 Å². The summed E-state index contributed by atoms with van der Waals surface area (Å²) in [5.74, 6) is 1.54. The first-order valence-corrected chi connectivity index (χ1v) is 9.16. The van der Waals surface area contributed by atoms with E-state index in [2.05, 4.69) is 20.1 Å². The molecule has 2 saturated heterocycles. The summed E-state index contributed by atoms with van der Waals surface area (Å²) in [6.45, 7) is 7.83. The fourth-order valence-corrected chi connectivity index (χ4v) is 3.53. The van der Waals surface area contributed by atoms with Gasteiger partial charge in [0, 0.05) is 59.1 Å². The molecule has 1 aromatic heterocycles. The molecule has 0 saturated carbocycles. The fraction of sp³-hybridized carbons (Fsp3) is 0.667. The average molecular weight is 347 g/mol. The van der Waals surface area contributed by atoms with Crippen molar-refractivity contribution in [1.29, 1.82) is 0 Å². The van der Waals surface area contributed by atoms with Gasteiger partial charge in [-0.05, 0) is 31.0 Å². The van der Waals surface area contributed by atoms with E-state index < -0.39 is 0 Å². The number of likely N-dealkylation sites (tertiary alicyclic amines) is 1. The summed E-state index contributed by atoms with van der Waals surface area (Å²) in [7, 11) is 1.74. The molecule has 1 aromatic rings. The molecule has 2 fully saturated rings. The number of pyridine rings is 1. The SMILES string of the molecule is COCCN1CC[C@H](CNC(=O)N2CCN(c3ccccn3)CC2)C1. The van der Waals surface area contributed by atoms with Gasteiger partial charge < -0.3 is 24.8 Å². The van der Waals surface area contributed by atoms with Gasteiger partial charge in [0.25, 0.3) is 0 Å². The van der Waals surface area contributed by atoms with Crippen molar-refractivity contribution in [3.8, 4) is 0 Å². The van der Waals surface area contributed by atoms with Crippen LogP contribution in [0.2, 0.25) is 0 Å². The second-order valence-electron chi connectivity index (χ2n) is 6.80. The van der Waals surface area contributed by atoms with Gasteiger partial charge in [0.1, 0.15) is 5.82 Å². The molecule has 3 heterocycles. The summed E-state index contributed by atoms with van der Waals surface area (Å²) in [6.07, 6.45) is 2.96. The number of carbonyl (C=O) groups is 1. The van der Waals surface area contributed by atoms with Crippen LogP contribution >= 0.6 is 0 Å². The molecule has 3 rings (SSSR count). The molecule has 25 heavy (non-hydrogen) atoms. The lowest BCUT2D eigenvalue weighted by atomic mass is 10.1. The fourth-order valence-electron chi connectivity index (χ4n) is 3.53. The Balaban J connectivity index is 1.36. The minimum absolute atomic E-state index is 0.0658. The second-order valence-corrected chi connectivity index (χ2v) is 6.80. The van der Waals surface area contributed by atoms with Crippen molar-refractivity contribution < 1.29 is 9.53 Å². The van der Waals surface area contributed by atoms with E-state index in [0.717, 1.165) is 71.2 Å². The number of nitrogens with one attached hydrogen (secondary N) is 1. The largest absolute Gasteiger partial charge is 0.383 e. The number of methoxy groups -OCH3 is 1. The summed E-state index contributed by atoms with van der Waals surface area (Å²) in [6, 6.07) is 6.01. The third-order valence-electron chi connectivity index (χ3n) is 5.06. The van der Waals surface area contributed by atoms with Crippen LogP contribution in [0.5, 0.6) is 0 Å². The molecule has 7 nitrogen and oxygen atoms in total. The first-order chi connectivity index (χ1) is 12.3. The number of nitrogens with zero attached hydrogens (tertiary/aromatic N) is 4. The van der Waals surface area contributed by atoms with Crippen LogP contribution in [0, 0.1) is 5.92 Å². The molecule has 0 spiro atoms. The van der Waals surface area contributed by atoms with Gasteiger partial charge >= 0.3 is 6.03 Å². The molecule has 2 amide bonds. The van der Waals surface area contributed by atoms with Crippen molar-refractivity contribution in [2.45, 2.75) is 6.42 Å². The van der Waals surface area contributed by atoms with Gasteiger partial charge in [-0.15, -0.1) is 0 Å². The molecule has 0 bridgehead atoms. The van der Waals surface area contributed by atoms with E-state index in [1.54, 1.807) is 7.11 Å². The molecule has 0 aliphatic carbocycles. The number of hydrogen-bond donors (Lipinski definition) is 1. The van der Waals surface area contributed by atoms with Gasteiger partial charge in [-0.3, -0.25) is 0 Å². The number of rotatable bonds is 6. The van der Waals surface area contributed by atoms with Gasteiger partial charge in [0.15, 0.2) is 0 Å². The number of aromatic nitrogens is 1. The number of ether oxygens (including phenoxy) is 1. The predicted molar refractivity (Wildman–Crippen MR) is 97.8 cm³/mol. The summed E-state index contributed by atoms with van der Waals surface area (Å²) < 4.78 is 5.13. The Morgan fingerprint density at radius 1 is 1.28 bits per heavy atom. The summed E-state index contributed by atoms with van der Waals surface area (Å²) in [5, 5.41) is 3.12. The lowest BCUT2D eigenvalue weighted by Crippen LogP contribution is -2.52. The zero-order chi connectivity index (χ0) is 17.5. The van der Waals surface area contributed by atoms with Crippen LogP contribution < -0.4 is 10.2 Å². The average Bonchev–Trinajstić information content (AvgIpc) is 3.13. The number of carbonyl (C=O) groups excluding carboxylic acids is 1. The van der Waals surface area contributed by atoms with E-state index in [9.17, 15) is 4.79 Å². The highest BCUT2D eigenvalue weighted by Crippen LogP contribution is 2.15. The van der Waals surface area contributed by atoms with Crippen molar-refractivity contribution in [2.24, 2.45) is 5.92 Å². The lowest BCUT2D eigenvalue weighted by Gasteiger charge is -2.35. The van der Waals surface area contributed by atoms with Crippen molar-refractivity contribution in [1.82, 2.24) is 20.1 Å². The zero-order valence-corrected chi connectivity index (χ0v) is 15.1. The minimum atomic E-state index is 0.0658. The van der Waals surface area contributed by atoms with Crippen LogP contribution in [0.1, 0.15) is 6.42 Å². The highest BCUT2D eigenvalue weighted by atomic mass is 16.5. The van der Waals surface area contributed by atoms with E-state index in [1.807, 2.05) is 29.3 Å². The highest BCUT2D eigenvalue weighted by molar-refractivity contribution is 5.74. The quantitative estimate of drug-likeness (QED) is 0.828. The zero-order valence-electron chi connectivity index (χ0n) is 15.1. The van der Waals surface area contributed by atoms with Crippen molar-refractivity contribution >= 4 is 11.8 Å². The smallest absolute Gasteiger partial charge is 0.317 e. The molecule has 1 atom stereocenters. The Labute approximate surface area is 149 Å². The van der Waals surface area contributed by atoms with Crippen LogP contribution in [-0.2, 0) is 4.74 Å². The standard InChI is InChI=1S/C18H29N5O2/c1-25-13-12-21-7-5-16(15-21)14-20-18(24)23-10-8-22(9-11-23)17-4-2-3-6-19-17/h2-4,6,16H,5,7-15H2,1H3,(H,20,24)/t16-/m1/s1. The Morgan fingerprint density at radius 3 is 2.84 bits per heavy atom. The maximum absolute atomic E-state index is 12.4. The Morgan fingerprint density at radius 2 is 2.12 bits per heavy atom. The van der Waals surface area contributed by atoms with E-state index in [-0.39, 0.29) is 6.03 Å². The van der Waals surface area contributed by atoms with Crippen LogP contribution in [0.25, 0.3) is 0 Å². The molecule has 138 valence electrons. The van der Waals surface area contributed by atoms with E-state index in [4.69, 9.17) is 4.74 Å². The van der Waals surface area contributed by atoms with Gasteiger partial charge in [0.2, 0.25) is 0 Å². The second kappa shape index (κ2) is 9.01. The Hall–Kier alpha value is -1.86. The molecule has 2 aliphatic rings. The third kappa shape index (κ3) is 5.06. The van der Waals surface area contributed by atoms with Crippen molar-refractivity contribution in [2.75, 3.05) is 71.0 Å². The van der Waals surface area contributed by atoms with Gasteiger partial charge in [-0.25, -0.2) is 9.78 Å². The van der Waals surface area contributed by atoms with E-state index >= 15 is 0 Å². The number of piperazine rings is 1. The topological polar surface area (TPSA) is 60.9 Å². The Kier molecular flexibility index (Phi) is 6.47. The van der Waals surface area contributed by atoms with Crippen molar-refractivity contribution in [3.05, 3.63) is 24.4 Å². The third-order valence-corrected chi connectivity index (χ3v) is 5.06. The summed E-state index contributed by atoms with van der Waals surface area (Å²) in [4.78, 5) is 23.3. The number of amides is 2. The maximum atomic E-state index is 12.4. The van der Waals surface area contributed by atoms with Crippen LogP contribution in [0.3, 0.4) is 0 Å². The molecule has 1 N–H and O–H groups in total. The first-order valence-electron chi connectivity index (χ1n) is 9.16. The minimum Gasteiger partial charge on any atom is -0.383 e. The van der Waals surface area contributed by atoms with Crippen LogP contribution in [0.15, 0.2) is 24.4 Å². The predicted octanol–water partition coefficient (Wildman–Crippen LogP) is 0.882. The molecule has 0 unspecified atom stereocenters. The Bertz CT molecular complexity index is 534. The molecule has 2 aliphatic heterocycles. The number of hydrogen-bond acceptors (Lipinski definition) is 5. The monoisotopic (exact) mass is 347 g/mol. The molecule has 7 heteroatoms. The summed E-state index contributed by atoms with van der Waals surface area (Å²) >= 11 is 0. The molecular weight excluding hydrogens is 318 g/mol. The van der Waals surface area contributed by atoms with Crippen LogP contribution in [-0.4, -0.2) is 86.9 Å². The van der Waals surface area contributed by atoms with Gasteiger partial charge in [0.05, 0.1) is 6.61 Å². The molecule has 0 aromatic carbocycles. The molecular formula is C18H29N5O2. The number of urea groups is 1. The number of anilines is 1. The van der Waals surface area contributed by atoms with Crippen LogP contribution in [0.4, 0.5) is 10.6 Å². The van der Waals surface area contributed by atoms with E-state index in [1.165, 1.54) is 0 Å². The maximum Gasteiger partial charge on any atom is 0.317 e. The lowest BCUT2D eigenvalue weighted by molar-refractivity contribution is 0.158. The summed E-state index contributed by atoms with van der Waals surface area (Å²) in [5.41, 5.74) is 0. The van der Waals surface area contributed by atoms with Gasteiger partial charge in [-0.1, -0.05) is 6.07 Å². The normalized spacial score (nSPS) is 21.6. The van der Waals surface area contributed by atoms with Gasteiger partial charge in [-0.2, -0.15) is 0 Å². The first kappa shape index (κ1) is 17.9. The molecule has 0 radical (unpaired) electrons.